The molecular weight excluding hydrogens is 475 g/mol. The summed E-state index contributed by atoms with van der Waals surface area (Å²) in [7, 11) is 3.63. The molecule has 1 aromatic heterocycles. The average molecular weight is 511 g/mol. The number of oxazole rings is 1. The van der Waals surface area contributed by atoms with Crippen LogP contribution in [0.25, 0.3) is 16.7 Å². The molecule has 2 aromatic rings. The number of hydrogen-bond acceptors (Lipinski definition) is 7. The molecule has 3 fully saturated rings. The predicted octanol–water partition coefficient (Wildman–Crippen LogP) is 3.30. The highest BCUT2D eigenvalue weighted by molar-refractivity contribution is 5.82. The van der Waals surface area contributed by atoms with Crippen LogP contribution in [0.1, 0.15) is 50.5 Å². The molecule has 3 aliphatic carbocycles. The fourth-order valence-electron chi connectivity index (χ4n) is 8.74. The molecule has 5 aliphatic rings. The Labute approximate surface area is 215 Å². The maximum absolute atomic E-state index is 17.0. The van der Waals surface area contributed by atoms with Crippen molar-refractivity contribution in [2.24, 2.45) is 11.3 Å². The molecule has 2 bridgehead atoms. The van der Waals surface area contributed by atoms with Crippen molar-refractivity contribution in [3.63, 3.8) is 0 Å². The molecule has 3 unspecified atom stereocenters. The summed E-state index contributed by atoms with van der Waals surface area (Å²) in [5, 5.41) is 33.5. The molecule has 37 heavy (non-hydrogen) atoms. The highest BCUT2D eigenvalue weighted by Crippen LogP contribution is 2.70. The van der Waals surface area contributed by atoms with E-state index in [1.54, 1.807) is 0 Å². The number of halogens is 1. The van der Waals surface area contributed by atoms with E-state index in [2.05, 4.69) is 30.1 Å². The Morgan fingerprint density at radius 1 is 1.14 bits per heavy atom. The third-order valence-electron chi connectivity index (χ3n) is 10.6. The molecular formula is C29H35FN2O5. The number of alkyl halides is 1. The maximum atomic E-state index is 17.0. The van der Waals surface area contributed by atoms with Gasteiger partial charge >= 0.3 is 0 Å². The van der Waals surface area contributed by atoms with Crippen LogP contribution in [0.4, 0.5) is 4.39 Å². The number of allylic oxidation sites excluding steroid dienone is 3. The lowest BCUT2D eigenvalue weighted by atomic mass is 9.55. The summed E-state index contributed by atoms with van der Waals surface area (Å²) >= 11 is 0. The first kappa shape index (κ1) is 24.0. The minimum Gasteiger partial charge on any atom is -0.441 e. The fourth-order valence-corrected chi connectivity index (χ4v) is 8.74. The molecule has 2 aliphatic heterocycles. The monoisotopic (exact) mass is 510 g/mol. The minimum atomic E-state index is -2.47. The Bertz CT molecular complexity index is 1370. The lowest BCUT2D eigenvalue weighted by Crippen LogP contribution is -2.78. The first-order valence-corrected chi connectivity index (χ1v) is 13.4. The summed E-state index contributed by atoms with van der Waals surface area (Å²) in [6, 6.07) is 5.63. The van der Waals surface area contributed by atoms with Crippen LogP contribution in [0, 0.1) is 18.3 Å². The van der Waals surface area contributed by atoms with Crippen molar-refractivity contribution in [2.75, 3.05) is 14.1 Å². The molecule has 3 N–H and O–H groups in total. The smallest absolute Gasteiger partial charge is 0.197 e. The van der Waals surface area contributed by atoms with Gasteiger partial charge in [-0.2, -0.15) is 0 Å². The van der Waals surface area contributed by atoms with Crippen LogP contribution in [0.3, 0.4) is 0 Å². The zero-order valence-corrected chi connectivity index (χ0v) is 21.7. The number of hydrogen-bond donors (Lipinski definition) is 3. The van der Waals surface area contributed by atoms with Gasteiger partial charge in [0.05, 0.1) is 11.7 Å². The second-order valence-corrected chi connectivity index (χ2v) is 12.4. The van der Waals surface area contributed by atoms with E-state index in [9.17, 15) is 15.3 Å². The van der Waals surface area contributed by atoms with Crippen LogP contribution >= 0.6 is 0 Å². The molecule has 198 valence electrons. The summed E-state index contributed by atoms with van der Waals surface area (Å²) in [4.78, 5) is 6.33. The van der Waals surface area contributed by atoms with Gasteiger partial charge in [0, 0.05) is 24.3 Å². The number of aliphatic hydroxyl groups excluding tert-OH is 3. The van der Waals surface area contributed by atoms with E-state index in [0.29, 0.717) is 30.7 Å². The van der Waals surface area contributed by atoms with Gasteiger partial charge in [-0.15, -0.1) is 0 Å². The van der Waals surface area contributed by atoms with Gasteiger partial charge in [0.25, 0.3) is 0 Å². The summed E-state index contributed by atoms with van der Waals surface area (Å²) < 4.78 is 29.6. The second kappa shape index (κ2) is 7.30. The van der Waals surface area contributed by atoms with Gasteiger partial charge in [0.1, 0.15) is 23.3 Å². The van der Waals surface area contributed by atoms with Gasteiger partial charge in [0.15, 0.2) is 17.1 Å². The third kappa shape index (κ3) is 2.71. The molecule has 0 amide bonds. The van der Waals surface area contributed by atoms with Crippen molar-refractivity contribution in [3.05, 3.63) is 47.4 Å². The van der Waals surface area contributed by atoms with Gasteiger partial charge in [-0.05, 0) is 75.0 Å². The van der Waals surface area contributed by atoms with Crippen LogP contribution in [0.5, 0.6) is 0 Å². The topological polar surface area (TPSA) is 99.2 Å². The number of rotatable bonds is 2. The first-order valence-electron chi connectivity index (χ1n) is 13.4. The molecule has 2 spiro atoms. The van der Waals surface area contributed by atoms with E-state index in [1.165, 1.54) is 5.57 Å². The molecule has 9 atom stereocenters. The van der Waals surface area contributed by atoms with E-state index in [0.717, 1.165) is 23.1 Å². The molecule has 8 heteroatoms. The number of likely N-dealkylation sites (N-methyl/N-ethyl adjacent to an activating group) is 1. The Morgan fingerprint density at radius 3 is 2.68 bits per heavy atom. The van der Waals surface area contributed by atoms with Crippen LogP contribution in [0.15, 0.2) is 40.3 Å². The number of fused-ring (bicyclic) bond motifs is 2. The van der Waals surface area contributed by atoms with Crippen LogP contribution in [0.2, 0.25) is 0 Å². The second-order valence-electron chi connectivity index (χ2n) is 12.4. The maximum Gasteiger partial charge on any atom is 0.197 e. The van der Waals surface area contributed by atoms with Gasteiger partial charge in [0.2, 0.25) is 0 Å². The zero-order valence-electron chi connectivity index (χ0n) is 21.7. The molecule has 7 rings (SSSR count). The normalized spacial score (nSPS) is 46.5. The van der Waals surface area contributed by atoms with E-state index in [4.69, 9.17) is 9.15 Å². The summed E-state index contributed by atoms with van der Waals surface area (Å²) in [5.74, 6) is 0.650. The Hall–Kier alpha value is -2.10. The van der Waals surface area contributed by atoms with Crippen LogP contribution < -0.4 is 0 Å². The lowest BCUT2D eigenvalue weighted by Gasteiger charge is -2.62. The third-order valence-corrected chi connectivity index (χ3v) is 10.6. The summed E-state index contributed by atoms with van der Waals surface area (Å²) in [5.41, 5.74) is -0.493. The molecule has 1 aromatic carbocycles. The number of aromatic nitrogens is 1. The van der Waals surface area contributed by atoms with Crippen LogP contribution in [-0.2, 0) is 4.74 Å². The molecule has 1 saturated carbocycles. The van der Waals surface area contributed by atoms with Gasteiger partial charge < -0.3 is 29.4 Å². The molecule has 3 heterocycles. The van der Waals surface area contributed by atoms with Gasteiger partial charge in [-0.1, -0.05) is 25.1 Å². The van der Waals surface area contributed by atoms with E-state index in [1.807, 2.05) is 38.1 Å². The van der Waals surface area contributed by atoms with E-state index in [-0.39, 0.29) is 17.8 Å². The Morgan fingerprint density at radius 2 is 1.92 bits per heavy atom. The standard InChI is InChI=1S/C29H35FN2O5/c1-15-31-19-13-16(5-7-21(19)36-15)17-6-8-22-26(17,2)10-9-18-24(34)29(30)25(35)23(33)20(32(3)4)14-27(29)11-12-28(18,22)37-27/h5-7,9,13,20,22-25,33-35H,8,10-12,14H2,1-4H3/t20-,22?,23+,24?,25-,26+,27+,28+,29?/m0/s1. The highest BCUT2D eigenvalue weighted by atomic mass is 19.1. The Balaban J connectivity index is 1.32. The summed E-state index contributed by atoms with van der Waals surface area (Å²) in [6.45, 7) is 4.09. The molecule has 7 nitrogen and oxygen atoms in total. The summed E-state index contributed by atoms with van der Waals surface area (Å²) in [6.07, 6.45) is 2.18. The SMILES string of the molecule is Cc1nc2cc(C3=CCC4[C@]3(C)CC=C3C(O)C5(F)[C@@H](O)[C@H](O)[C@@H](N(C)C)C[C@]56CC[C@@]34O6)ccc2o1. The number of nitrogens with zero attached hydrogens (tertiary/aromatic N) is 2. The molecule has 2 saturated heterocycles. The lowest BCUT2D eigenvalue weighted by molar-refractivity contribution is -0.308. The largest absolute Gasteiger partial charge is 0.441 e. The van der Waals surface area contributed by atoms with E-state index < -0.39 is 41.2 Å². The van der Waals surface area contributed by atoms with Crippen molar-refractivity contribution in [3.8, 4) is 0 Å². The van der Waals surface area contributed by atoms with Crippen molar-refractivity contribution < 1.29 is 28.9 Å². The van der Waals surface area contributed by atoms with Crippen molar-refractivity contribution >= 4 is 16.7 Å². The van der Waals surface area contributed by atoms with Gasteiger partial charge in [-0.25, -0.2) is 9.37 Å². The minimum absolute atomic E-state index is 0.0186. The number of ether oxygens (including phenoxy) is 1. The molecule has 0 radical (unpaired) electrons. The number of aryl methyl sites for hydroxylation is 1. The number of aliphatic hydroxyl groups is 3. The first-order chi connectivity index (χ1) is 17.5. The van der Waals surface area contributed by atoms with E-state index >= 15 is 4.39 Å². The highest BCUT2D eigenvalue weighted by Gasteiger charge is 2.79. The number of benzene rings is 1. The average Bonchev–Trinajstić information content (AvgIpc) is 3.51. The van der Waals surface area contributed by atoms with Crippen molar-refractivity contribution in [2.45, 2.75) is 87.2 Å². The van der Waals surface area contributed by atoms with Gasteiger partial charge in [-0.3, -0.25) is 0 Å². The van der Waals surface area contributed by atoms with Crippen LogP contribution in [-0.4, -0.2) is 80.5 Å². The zero-order chi connectivity index (χ0) is 26.1. The van der Waals surface area contributed by atoms with Crippen molar-refractivity contribution in [1.29, 1.82) is 0 Å². The van der Waals surface area contributed by atoms with Crippen molar-refractivity contribution in [1.82, 2.24) is 9.88 Å². The quantitative estimate of drug-likeness (QED) is 0.533. The fraction of sp³-hybridized carbons (Fsp3) is 0.621. The predicted molar refractivity (Wildman–Crippen MR) is 135 cm³/mol. The Kier molecular flexibility index (Phi) is 4.73.